The molecule has 0 unspecified atom stereocenters. The SMILES string of the molecule is COCOc1ccc(-n2cnc3ccc(SCc4ccc(Cl)cc4)cc32)cc1. The van der Waals surface area contributed by atoms with E-state index in [0.29, 0.717) is 0 Å². The van der Waals surface area contributed by atoms with Gasteiger partial charge in [-0.3, -0.25) is 4.57 Å². The standard InChI is InChI=1S/C22H19ClN2O2S/c1-26-15-27-19-8-6-18(7-9-19)25-14-24-21-11-10-20(12-22(21)25)28-13-16-2-4-17(23)5-3-16/h2-12,14H,13,15H2,1H3. The zero-order valence-electron chi connectivity index (χ0n) is 15.3. The Morgan fingerprint density at radius 3 is 2.54 bits per heavy atom. The number of fused-ring (bicyclic) bond motifs is 1. The molecule has 4 aromatic rings. The van der Waals surface area contributed by atoms with E-state index in [1.54, 1.807) is 18.9 Å². The molecule has 3 aromatic carbocycles. The fourth-order valence-electron chi connectivity index (χ4n) is 2.86. The molecule has 0 saturated carbocycles. The van der Waals surface area contributed by atoms with Crippen molar-refractivity contribution in [3.05, 3.63) is 83.6 Å². The maximum absolute atomic E-state index is 5.96. The molecule has 0 atom stereocenters. The molecule has 0 fully saturated rings. The van der Waals surface area contributed by atoms with Gasteiger partial charge in [0, 0.05) is 28.5 Å². The Balaban J connectivity index is 1.55. The second-order valence-corrected chi connectivity index (χ2v) is 7.71. The van der Waals surface area contributed by atoms with Crippen molar-refractivity contribution < 1.29 is 9.47 Å². The van der Waals surface area contributed by atoms with Crippen LogP contribution < -0.4 is 4.74 Å². The number of methoxy groups -OCH3 is 1. The van der Waals surface area contributed by atoms with Crippen molar-refractivity contribution in [3.63, 3.8) is 0 Å². The van der Waals surface area contributed by atoms with Gasteiger partial charge in [-0.15, -0.1) is 11.8 Å². The number of ether oxygens (including phenoxy) is 2. The summed E-state index contributed by atoms with van der Waals surface area (Å²) < 4.78 is 12.5. The summed E-state index contributed by atoms with van der Waals surface area (Å²) in [7, 11) is 1.61. The highest BCUT2D eigenvalue weighted by Crippen LogP contribution is 2.28. The quantitative estimate of drug-likeness (QED) is 0.278. The molecule has 0 saturated heterocycles. The van der Waals surface area contributed by atoms with Crippen molar-refractivity contribution in [1.29, 1.82) is 0 Å². The highest BCUT2D eigenvalue weighted by Gasteiger charge is 2.07. The predicted octanol–water partition coefficient (Wildman–Crippen LogP) is 5.95. The van der Waals surface area contributed by atoms with Gasteiger partial charge in [0.25, 0.3) is 0 Å². The molecule has 0 amide bonds. The number of aromatic nitrogens is 2. The summed E-state index contributed by atoms with van der Waals surface area (Å²) in [5.74, 6) is 1.66. The maximum Gasteiger partial charge on any atom is 0.188 e. The number of rotatable bonds is 7. The van der Waals surface area contributed by atoms with Gasteiger partial charge in [0.05, 0.1) is 11.0 Å². The van der Waals surface area contributed by atoms with E-state index in [0.717, 1.165) is 33.2 Å². The minimum absolute atomic E-state index is 0.238. The van der Waals surface area contributed by atoms with Crippen molar-refractivity contribution in [3.8, 4) is 11.4 Å². The van der Waals surface area contributed by atoms with Crippen LogP contribution in [0, 0.1) is 0 Å². The van der Waals surface area contributed by atoms with Crippen LogP contribution in [0.5, 0.6) is 5.75 Å². The van der Waals surface area contributed by atoms with Crippen LogP contribution in [0.4, 0.5) is 0 Å². The van der Waals surface area contributed by atoms with Gasteiger partial charge in [0.1, 0.15) is 12.1 Å². The van der Waals surface area contributed by atoms with Crippen LogP contribution in [0.15, 0.2) is 78.0 Å². The molecule has 28 heavy (non-hydrogen) atoms. The Hall–Kier alpha value is -2.47. The topological polar surface area (TPSA) is 36.3 Å². The zero-order chi connectivity index (χ0) is 19.3. The third-order valence-corrected chi connectivity index (χ3v) is 5.61. The van der Waals surface area contributed by atoms with Crippen molar-refractivity contribution >= 4 is 34.4 Å². The van der Waals surface area contributed by atoms with Gasteiger partial charge in [-0.25, -0.2) is 4.98 Å². The highest BCUT2D eigenvalue weighted by atomic mass is 35.5. The molecule has 0 N–H and O–H groups in total. The van der Waals surface area contributed by atoms with Crippen LogP contribution in [0.25, 0.3) is 16.7 Å². The van der Waals surface area contributed by atoms with Gasteiger partial charge in [-0.1, -0.05) is 23.7 Å². The Labute approximate surface area is 173 Å². The number of imidazole rings is 1. The first-order chi connectivity index (χ1) is 13.7. The van der Waals surface area contributed by atoms with E-state index < -0.39 is 0 Å². The first kappa shape index (κ1) is 18.9. The molecular weight excluding hydrogens is 392 g/mol. The molecular formula is C22H19ClN2O2S. The normalized spacial score (nSPS) is 11.1. The van der Waals surface area contributed by atoms with E-state index in [9.17, 15) is 0 Å². The largest absolute Gasteiger partial charge is 0.468 e. The summed E-state index contributed by atoms with van der Waals surface area (Å²) in [4.78, 5) is 5.72. The molecule has 4 rings (SSSR count). The monoisotopic (exact) mass is 410 g/mol. The Morgan fingerprint density at radius 2 is 1.79 bits per heavy atom. The van der Waals surface area contributed by atoms with E-state index in [4.69, 9.17) is 21.1 Å². The van der Waals surface area contributed by atoms with Crippen molar-refractivity contribution in [2.24, 2.45) is 0 Å². The van der Waals surface area contributed by atoms with Crippen LogP contribution >= 0.6 is 23.4 Å². The average Bonchev–Trinajstić information content (AvgIpc) is 3.15. The van der Waals surface area contributed by atoms with E-state index in [1.165, 1.54) is 10.5 Å². The number of thioether (sulfide) groups is 1. The Kier molecular flexibility index (Phi) is 5.86. The first-order valence-electron chi connectivity index (χ1n) is 8.79. The number of nitrogens with zero attached hydrogens (tertiary/aromatic N) is 2. The number of benzene rings is 3. The van der Waals surface area contributed by atoms with Crippen molar-refractivity contribution in [2.45, 2.75) is 10.6 Å². The smallest absolute Gasteiger partial charge is 0.188 e. The molecule has 0 radical (unpaired) electrons. The van der Waals surface area contributed by atoms with Crippen LogP contribution in [0.2, 0.25) is 5.02 Å². The van der Waals surface area contributed by atoms with E-state index in [1.807, 2.05) is 42.7 Å². The van der Waals surface area contributed by atoms with Crippen LogP contribution in [0.3, 0.4) is 0 Å². The fourth-order valence-corrected chi connectivity index (χ4v) is 3.87. The highest BCUT2D eigenvalue weighted by molar-refractivity contribution is 7.98. The first-order valence-corrected chi connectivity index (χ1v) is 10.2. The van der Waals surface area contributed by atoms with E-state index in [2.05, 4.69) is 39.9 Å². The van der Waals surface area contributed by atoms with E-state index >= 15 is 0 Å². The fraction of sp³-hybridized carbons (Fsp3) is 0.136. The molecule has 0 aliphatic rings. The van der Waals surface area contributed by atoms with Crippen LogP contribution in [0.1, 0.15) is 5.56 Å². The summed E-state index contributed by atoms with van der Waals surface area (Å²) in [5.41, 5.74) is 4.32. The Morgan fingerprint density at radius 1 is 1.00 bits per heavy atom. The summed E-state index contributed by atoms with van der Waals surface area (Å²) in [5, 5.41) is 0.762. The summed E-state index contributed by atoms with van der Waals surface area (Å²) in [6.45, 7) is 0.238. The Bertz CT molecular complexity index is 1060. The van der Waals surface area contributed by atoms with Gasteiger partial charge in [0.2, 0.25) is 0 Å². The minimum atomic E-state index is 0.238. The predicted molar refractivity (Wildman–Crippen MR) is 115 cm³/mol. The lowest BCUT2D eigenvalue weighted by molar-refractivity contribution is 0.0511. The molecule has 6 heteroatoms. The minimum Gasteiger partial charge on any atom is -0.468 e. The van der Waals surface area contributed by atoms with Crippen LogP contribution in [-0.4, -0.2) is 23.5 Å². The molecule has 0 spiro atoms. The van der Waals surface area contributed by atoms with Crippen LogP contribution in [-0.2, 0) is 10.5 Å². The molecule has 142 valence electrons. The number of halogens is 1. The summed E-state index contributed by atoms with van der Waals surface area (Å²) in [6.07, 6.45) is 1.85. The summed E-state index contributed by atoms with van der Waals surface area (Å²) >= 11 is 7.76. The molecule has 0 aliphatic heterocycles. The van der Waals surface area contributed by atoms with Gasteiger partial charge in [0.15, 0.2) is 6.79 Å². The van der Waals surface area contributed by atoms with Crippen molar-refractivity contribution in [1.82, 2.24) is 9.55 Å². The van der Waals surface area contributed by atoms with Gasteiger partial charge >= 0.3 is 0 Å². The lowest BCUT2D eigenvalue weighted by atomic mass is 10.2. The second kappa shape index (κ2) is 8.69. The number of hydrogen-bond donors (Lipinski definition) is 0. The molecule has 0 bridgehead atoms. The third kappa shape index (κ3) is 4.33. The number of hydrogen-bond acceptors (Lipinski definition) is 4. The maximum atomic E-state index is 5.96. The van der Waals surface area contributed by atoms with E-state index in [-0.39, 0.29) is 6.79 Å². The lowest BCUT2D eigenvalue weighted by Crippen LogP contribution is -1.99. The van der Waals surface area contributed by atoms with Gasteiger partial charge in [-0.05, 0) is 60.2 Å². The second-order valence-electron chi connectivity index (χ2n) is 6.22. The lowest BCUT2D eigenvalue weighted by Gasteiger charge is -2.08. The van der Waals surface area contributed by atoms with Crippen molar-refractivity contribution in [2.75, 3.05) is 13.9 Å². The third-order valence-electron chi connectivity index (χ3n) is 4.30. The molecule has 1 aromatic heterocycles. The van der Waals surface area contributed by atoms with Gasteiger partial charge in [-0.2, -0.15) is 0 Å². The van der Waals surface area contributed by atoms with Gasteiger partial charge < -0.3 is 9.47 Å². The molecule has 4 nitrogen and oxygen atoms in total. The summed E-state index contributed by atoms with van der Waals surface area (Å²) in [6, 6.07) is 22.2. The average molecular weight is 411 g/mol. The molecule has 1 heterocycles. The molecule has 0 aliphatic carbocycles. The zero-order valence-corrected chi connectivity index (χ0v) is 16.9.